The molecule has 4 heteroatoms. The van der Waals surface area contributed by atoms with Gasteiger partial charge in [0.05, 0.1) is 6.16 Å². The Morgan fingerprint density at radius 2 is 1.76 bits per heavy atom. The molecule has 1 aromatic carbocycles. The minimum Gasteiger partial charge on any atom is -0.322 e. The van der Waals surface area contributed by atoms with Crippen molar-refractivity contribution in [2.75, 3.05) is 24.8 Å². The second-order valence-corrected chi connectivity index (χ2v) is 11.6. The molecule has 21 heavy (non-hydrogen) atoms. The Hall–Kier alpha value is -0.590. The van der Waals surface area contributed by atoms with Crippen LogP contribution in [0.4, 0.5) is 5.69 Å². The molecule has 0 bridgehead atoms. The number of hydrogen-bond donors (Lipinski definition) is 1. The summed E-state index contributed by atoms with van der Waals surface area (Å²) < 4.78 is 0. The Bertz CT molecular complexity index is 491. The van der Waals surface area contributed by atoms with E-state index < -0.39 is 7.26 Å². The first-order chi connectivity index (χ1) is 9.72. The molecule has 1 amide bonds. The van der Waals surface area contributed by atoms with Crippen LogP contribution in [0.15, 0.2) is 12.1 Å². The Morgan fingerprint density at radius 1 is 1.24 bits per heavy atom. The standard InChI is InChI=1S/C17H27ClNOP/c1-7-9-15(21(5,6)8-2)17(20)19-16-12(3)10-14(18)11-13(16)4/h10-11,15H,7-9H2,1-6H3/p+1. The van der Waals surface area contributed by atoms with Crippen LogP contribution in [0.1, 0.15) is 37.8 Å². The molecule has 2 nitrogen and oxygen atoms in total. The van der Waals surface area contributed by atoms with Gasteiger partial charge >= 0.3 is 0 Å². The van der Waals surface area contributed by atoms with Gasteiger partial charge in [-0.05, 0) is 50.5 Å². The number of carbonyl (C=O) groups is 1. The van der Waals surface area contributed by atoms with Crippen molar-refractivity contribution >= 4 is 30.5 Å². The molecule has 0 aliphatic carbocycles. The van der Waals surface area contributed by atoms with E-state index in [0.717, 1.165) is 40.8 Å². The summed E-state index contributed by atoms with van der Waals surface area (Å²) >= 11 is 6.06. The highest BCUT2D eigenvalue weighted by Gasteiger charge is 2.39. The normalized spacial score (nSPS) is 13.1. The number of amides is 1. The SMILES string of the molecule is CCCC(C(=O)Nc1c(C)cc(Cl)cc1C)[P+](C)(C)CC. The highest BCUT2D eigenvalue weighted by molar-refractivity contribution is 7.76. The average Bonchev–Trinajstić information content (AvgIpc) is 2.39. The van der Waals surface area contributed by atoms with Gasteiger partial charge in [0.1, 0.15) is 5.66 Å². The molecule has 0 radical (unpaired) electrons. The van der Waals surface area contributed by atoms with Gasteiger partial charge in [-0.15, -0.1) is 0 Å². The first-order valence-electron chi connectivity index (χ1n) is 7.63. The molecule has 1 N–H and O–H groups in total. The van der Waals surface area contributed by atoms with Crippen molar-refractivity contribution < 1.29 is 4.79 Å². The summed E-state index contributed by atoms with van der Waals surface area (Å²) in [6.07, 6.45) is 3.11. The maximum Gasteiger partial charge on any atom is 0.265 e. The van der Waals surface area contributed by atoms with Crippen LogP contribution in [-0.4, -0.2) is 31.1 Å². The molecule has 0 spiro atoms. The fraction of sp³-hybridized carbons (Fsp3) is 0.588. The maximum absolute atomic E-state index is 12.8. The molecule has 118 valence electrons. The molecule has 0 heterocycles. The highest BCUT2D eigenvalue weighted by atomic mass is 35.5. The molecule has 1 aromatic rings. The maximum atomic E-state index is 12.8. The van der Waals surface area contributed by atoms with E-state index in [1.165, 1.54) is 0 Å². The number of halogens is 1. The van der Waals surface area contributed by atoms with Crippen LogP contribution in [-0.2, 0) is 4.79 Å². The van der Waals surface area contributed by atoms with Crippen molar-refractivity contribution in [2.45, 2.75) is 46.2 Å². The number of aryl methyl sites for hydroxylation is 2. The van der Waals surface area contributed by atoms with Crippen LogP contribution in [0.5, 0.6) is 0 Å². The molecule has 1 rings (SSSR count). The van der Waals surface area contributed by atoms with Gasteiger partial charge in [0.2, 0.25) is 0 Å². The van der Waals surface area contributed by atoms with Crippen LogP contribution in [0.2, 0.25) is 5.02 Å². The quantitative estimate of drug-likeness (QED) is 0.700. The zero-order chi connectivity index (χ0) is 16.2. The van der Waals surface area contributed by atoms with E-state index in [2.05, 4.69) is 32.5 Å². The van der Waals surface area contributed by atoms with Gasteiger partial charge in [-0.1, -0.05) is 24.9 Å². The molecule has 0 saturated heterocycles. The number of nitrogens with one attached hydrogen (secondary N) is 1. The Morgan fingerprint density at radius 3 is 2.19 bits per heavy atom. The summed E-state index contributed by atoms with van der Waals surface area (Å²) in [6, 6.07) is 3.80. The van der Waals surface area contributed by atoms with Crippen LogP contribution < -0.4 is 5.32 Å². The molecule has 0 aromatic heterocycles. The van der Waals surface area contributed by atoms with E-state index in [0.29, 0.717) is 0 Å². The van der Waals surface area contributed by atoms with Gasteiger partial charge in [0, 0.05) is 31.3 Å². The number of hydrogen-bond acceptors (Lipinski definition) is 1. The lowest BCUT2D eigenvalue weighted by atomic mass is 10.1. The summed E-state index contributed by atoms with van der Waals surface area (Å²) in [5.74, 6) is 0.172. The fourth-order valence-corrected chi connectivity index (χ4v) is 5.03. The molecule has 1 unspecified atom stereocenters. The van der Waals surface area contributed by atoms with Gasteiger partial charge in [0.25, 0.3) is 5.91 Å². The molecule has 0 fully saturated rings. The van der Waals surface area contributed by atoms with Crippen LogP contribution in [0, 0.1) is 13.8 Å². The number of benzene rings is 1. The Labute approximate surface area is 135 Å². The highest BCUT2D eigenvalue weighted by Crippen LogP contribution is 2.57. The number of carbonyl (C=O) groups excluding carboxylic acids is 1. The second kappa shape index (κ2) is 7.61. The third-order valence-corrected chi connectivity index (χ3v) is 8.30. The smallest absolute Gasteiger partial charge is 0.265 e. The summed E-state index contributed by atoms with van der Waals surface area (Å²) in [4.78, 5) is 12.8. The molecule has 0 saturated carbocycles. The van der Waals surface area contributed by atoms with Crippen molar-refractivity contribution in [3.05, 3.63) is 28.3 Å². The minimum absolute atomic E-state index is 0.141. The fourth-order valence-electron chi connectivity index (χ4n) is 2.61. The number of rotatable bonds is 6. The van der Waals surface area contributed by atoms with E-state index in [-0.39, 0.29) is 11.6 Å². The van der Waals surface area contributed by atoms with Crippen molar-refractivity contribution in [2.24, 2.45) is 0 Å². The molecular formula is C17H28ClNOP+. The van der Waals surface area contributed by atoms with Gasteiger partial charge in [-0.2, -0.15) is 0 Å². The summed E-state index contributed by atoms with van der Waals surface area (Å²) in [6.45, 7) is 12.9. The van der Waals surface area contributed by atoms with Crippen LogP contribution in [0.25, 0.3) is 0 Å². The predicted octanol–water partition coefficient (Wildman–Crippen LogP) is 5.36. The molecule has 0 aliphatic heterocycles. The zero-order valence-corrected chi connectivity index (χ0v) is 15.7. The molecular weight excluding hydrogens is 301 g/mol. The lowest BCUT2D eigenvalue weighted by Gasteiger charge is -2.26. The lowest BCUT2D eigenvalue weighted by Crippen LogP contribution is -2.31. The first kappa shape index (κ1) is 18.5. The van der Waals surface area contributed by atoms with E-state index >= 15 is 0 Å². The Balaban J connectivity index is 3.03. The number of anilines is 1. The minimum atomic E-state index is -1.22. The second-order valence-electron chi connectivity index (χ2n) is 6.30. The van der Waals surface area contributed by atoms with Crippen LogP contribution >= 0.6 is 18.9 Å². The van der Waals surface area contributed by atoms with E-state index in [9.17, 15) is 4.79 Å². The summed E-state index contributed by atoms with van der Waals surface area (Å²) in [5.41, 5.74) is 3.11. The summed E-state index contributed by atoms with van der Waals surface area (Å²) in [5, 5.41) is 3.88. The molecule has 0 aliphatic rings. The van der Waals surface area contributed by atoms with Crippen LogP contribution in [0.3, 0.4) is 0 Å². The van der Waals surface area contributed by atoms with Crippen molar-refractivity contribution in [3.63, 3.8) is 0 Å². The largest absolute Gasteiger partial charge is 0.322 e. The average molecular weight is 329 g/mol. The topological polar surface area (TPSA) is 29.1 Å². The third kappa shape index (κ3) is 4.69. The van der Waals surface area contributed by atoms with E-state index in [1.807, 2.05) is 26.0 Å². The van der Waals surface area contributed by atoms with Gasteiger partial charge < -0.3 is 5.32 Å². The van der Waals surface area contributed by atoms with E-state index in [1.54, 1.807) is 0 Å². The van der Waals surface area contributed by atoms with Crippen molar-refractivity contribution in [3.8, 4) is 0 Å². The molecule has 1 atom stereocenters. The van der Waals surface area contributed by atoms with Gasteiger partial charge in [-0.3, -0.25) is 4.79 Å². The van der Waals surface area contributed by atoms with E-state index in [4.69, 9.17) is 11.6 Å². The van der Waals surface area contributed by atoms with Gasteiger partial charge in [-0.25, -0.2) is 0 Å². The predicted molar refractivity (Wildman–Crippen MR) is 97.6 cm³/mol. The lowest BCUT2D eigenvalue weighted by molar-refractivity contribution is -0.116. The third-order valence-electron chi connectivity index (χ3n) is 4.27. The van der Waals surface area contributed by atoms with Crippen molar-refractivity contribution in [1.82, 2.24) is 0 Å². The zero-order valence-electron chi connectivity index (χ0n) is 14.1. The van der Waals surface area contributed by atoms with Gasteiger partial charge in [0.15, 0.2) is 0 Å². The Kier molecular flexibility index (Phi) is 6.69. The van der Waals surface area contributed by atoms with Crippen molar-refractivity contribution in [1.29, 1.82) is 0 Å². The summed E-state index contributed by atoms with van der Waals surface area (Å²) in [7, 11) is -1.22. The monoisotopic (exact) mass is 328 g/mol. The first-order valence-corrected chi connectivity index (χ1v) is 10.9.